The zero-order valence-corrected chi connectivity index (χ0v) is 12.0. The summed E-state index contributed by atoms with van der Waals surface area (Å²) in [5.74, 6) is 1.03. The Balaban J connectivity index is 2.51. The van der Waals surface area contributed by atoms with E-state index >= 15 is 0 Å². The molecule has 92 valence electrons. The number of rotatable bonds is 2. The fraction of sp³-hybridized carbons (Fsp3) is 0.462. The van der Waals surface area contributed by atoms with Gasteiger partial charge in [-0.15, -0.1) is 0 Å². The summed E-state index contributed by atoms with van der Waals surface area (Å²) in [6.07, 6.45) is 0. The van der Waals surface area contributed by atoms with Gasteiger partial charge in [-0.2, -0.15) is 0 Å². The Morgan fingerprint density at radius 3 is 2.65 bits per heavy atom. The molecule has 1 aromatic carbocycles. The van der Waals surface area contributed by atoms with Gasteiger partial charge in [0.15, 0.2) is 5.96 Å². The fourth-order valence-corrected chi connectivity index (χ4v) is 2.73. The van der Waals surface area contributed by atoms with E-state index in [1.807, 2.05) is 24.1 Å². The van der Waals surface area contributed by atoms with E-state index in [0.717, 1.165) is 11.0 Å². The van der Waals surface area contributed by atoms with E-state index in [9.17, 15) is 0 Å². The monoisotopic (exact) mass is 295 g/mol. The van der Waals surface area contributed by atoms with Crippen LogP contribution in [0.15, 0.2) is 33.7 Å². The molecule has 0 aromatic heterocycles. The van der Waals surface area contributed by atoms with E-state index in [1.165, 1.54) is 5.56 Å². The average molecular weight is 296 g/mol. The lowest BCUT2D eigenvalue weighted by atomic mass is 9.81. The van der Waals surface area contributed by atoms with Crippen LogP contribution in [0.4, 0.5) is 0 Å². The molecular weight excluding hydrogens is 278 g/mol. The van der Waals surface area contributed by atoms with Crippen molar-refractivity contribution in [1.29, 1.82) is 0 Å². The number of benzene rings is 1. The minimum absolute atomic E-state index is 0.220. The normalized spacial score (nSPS) is 24.3. The highest BCUT2D eigenvalue weighted by Crippen LogP contribution is 2.38. The quantitative estimate of drug-likeness (QED) is 0.911. The Hall–Kier alpha value is -1.03. The molecule has 0 bridgehead atoms. The molecule has 1 heterocycles. The lowest BCUT2D eigenvalue weighted by Crippen LogP contribution is -2.37. The van der Waals surface area contributed by atoms with Crippen LogP contribution in [0.1, 0.15) is 19.4 Å². The number of halogens is 1. The topological polar surface area (TPSA) is 41.6 Å². The van der Waals surface area contributed by atoms with E-state index in [-0.39, 0.29) is 5.54 Å². The minimum atomic E-state index is -0.220. The first-order valence-electron chi connectivity index (χ1n) is 5.78. The third kappa shape index (κ3) is 2.06. The lowest BCUT2D eigenvalue weighted by molar-refractivity contribution is 0.291. The number of hydrogen-bond donors (Lipinski definition) is 1. The third-order valence-corrected chi connectivity index (χ3v) is 3.96. The molecule has 0 spiro atoms. The fourth-order valence-electron chi connectivity index (χ4n) is 2.33. The summed E-state index contributed by atoms with van der Waals surface area (Å²) in [5.41, 5.74) is 6.93. The summed E-state index contributed by atoms with van der Waals surface area (Å²) in [6.45, 7) is 5.22. The van der Waals surface area contributed by atoms with Crippen LogP contribution in [-0.4, -0.2) is 24.5 Å². The number of nitrogens with zero attached hydrogens (tertiary/aromatic N) is 2. The lowest BCUT2D eigenvalue weighted by Gasteiger charge is -2.31. The van der Waals surface area contributed by atoms with Crippen molar-refractivity contribution >= 4 is 21.9 Å². The summed E-state index contributed by atoms with van der Waals surface area (Å²) >= 11 is 3.52. The Bertz CT molecular complexity index is 456. The van der Waals surface area contributed by atoms with Gasteiger partial charge in [0.2, 0.25) is 0 Å². The van der Waals surface area contributed by atoms with Crippen LogP contribution in [0.25, 0.3) is 0 Å². The van der Waals surface area contributed by atoms with Gasteiger partial charge in [0.05, 0.1) is 6.54 Å². The molecule has 0 fully saturated rings. The maximum atomic E-state index is 5.93. The minimum Gasteiger partial charge on any atom is -0.370 e. The summed E-state index contributed by atoms with van der Waals surface area (Å²) in [5, 5.41) is 0. The molecule has 0 aliphatic carbocycles. The van der Waals surface area contributed by atoms with Crippen molar-refractivity contribution in [1.82, 2.24) is 4.90 Å². The van der Waals surface area contributed by atoms with Crippen LogP contribution in [0.2, 0.25) is 0 Å². The Kier molecular flexibility index (Phi) is 3.17. The smallest absolute Gasteiger partial charge is 0.192 e. The van der Waals surface area contributed by atoms with Crippen LogP contribution in [-0.2, 0) is 5.54 Å². The standard InChI is InChI=1S/C13H18BrN3/c1-9(2)13(8-17(3)12(15)16-13)10-5-4-6-11(14)7-10/h4-7,9H,8H2,1-3H3,(H2,15,16). The summed E-state index contributed by atoms with van der Waals surface area (Å²) in [7, 11) is 1.99. The molecule has 0 saturated carbocycles. The molecule has 2 N–H and O–H groups in total. The maximum absolute atomic E-state index is 5.93. The van der Waals surface area contributed by atoms with Gasteiger partial charge in [-0.1, -0.05) is 41.9 Å². The predicted octanol–water partition coefficient (Wildman–Crippen LogP) is 2.56. The molecule has 1 atom stereocenters. The first-order valence-corrected chi connectivity index (χ1v) is 6.57. The summed E-state index contributed by atoms with van der Waals surface area (Å²) in [4.78, 5) is 6.73. The van der Waals surface area contributed by atoms with Gasteiger partial charge >= 0.3 is 0 Å². The van der Waals surface area contributed by atoms with Crippen molar-refractivity contribution in [2.75, 3.05) is 13.6 Å². The van der Waals surface area contributed by atoms with E-state index in [0.29, 0.717) is 11.9 Å². The third-order valence-electron chi connectivity index (χ3n) is 3.46. The second kappa shape index (κ2) is 4.33. The Labute approximate surface area is 111 Å². The number of hydrogen-bond acceptors (Lipinski definition) is 3. The highest BCUT2D eigenvalue weighted by atomic mass is 79.9. The van der Waals surface area contributed by atoms with E-state index in [1.54, 1.807) is 0 Å². The molecule has 3 nitrogen and oxygen atoms in total. The predicted molar refractivity (Wildman–Crippen MR) is 74.9 cm³/mol. The second-order valence-corrected chi connectivity index (χ2v) is 5.83. The van der Waals surface area contributed by atoms with Crippen molar-refractivity contribution in [3.05, 3.63) is 34.3 Å². The van der Waals surface area contributed by atoms with Gasteiger partial charge in [-0.05, 0) is 23.6 Å². The Morgan fingerprint density at radius 2 is 2.18 bits per heavy atom. The Morgan fingerprint density at radius 1 is 1.47 bits per heavy atom. The SMILES string of the molecule is CC(C)C1(c2cccc(Br)c2)CN(C)C(N)=N1. The molecule has 0 radical (unpaired) electrons. The zero-order chi connectivity index (χ0) is 12.6. The molecule has 17 heavy (non-hydrogen) atoms. The number of likely N-dealkylation sites (N-methyl/N-ethyl adjacent to an activating group) is 1. The molecular formula is C13H18BrN3. The first kappa shape index (κ1) is 12.4. The highest BCUT2D eigenvalue weighted by Gasteiger charge is 2.41. The first-order chi connectivity index (χ1) is 7.95. The largest absolute Gasteiger partial charge is 0.370 e. The zero-order valence-electron chi connectivity index (χ0n) is 10.4. The number of aliphatic imine (C=N–C) groups is 1. The molecule has 2 rings (SSSR count). The van der Waals surface area contributed by atoms with Gasteiger partial charge in [0.25, 0.3) is 0 Å². The average Bonchev–Trinajstić information content (AvgIpc) is 2.56. The van der Waals surface area contributed by atoms with Crippen molar-refractivity contribution < 1.29 is 0 Å². The molecule has 1 unspecified atom stereocenters. The molecule has 4 heteroatoms. The van der Waals surface area contributed by atoms with Crippen LogP contribution in [0.3, 0.4) is 0 Å². The van der Waals surface area contributed by atoms with Crippen molar-refractivity contribution in [3.8, 4) is 0 Å². The van der Waals surface area contributed by atoms with Crippen LogP contribution in [0.5, 0.6) is 0 Å². The van der Waals surface area contributed by atoms with Crippen LogP contribution < -0.4 is 5.73 Å². The number of guanidine groups is 1. The van der Waals surface area contributed by atoms with Crippen LogP contribution >= 0.6 is 15.9 Å². The summed E-state index contributed by atoms with van der Waals surface area (Å²) in [6, 6.07) is 8.34. The van der Waals surface area contributed by atoms with E-state index < -0.39 is 0 Å². The van der Waals surface area contributed by atoms with Crippen molar-refractivity contribution in [2.45, 2.75) is 19.4 Å². The van der Waals surface area contributed by atoms with Crippen LogP contribution in [0, 0.1) is 5.92 Å². The van der Waals surface area contributed by atoms with E-state index in [4.69, 9.17) is 10.7 Å². The molecule has 0 amide bonds. The van der Waals surface area contributed by atoms with Gasteiger partial charge in [0.1, 0.15) is 5.54 Å². The molecule has 1 aliphatic rings. The van der Waals surface area contributed by atoms with Crippen molar-refractivity contribution in [3.63, 3.8) is 0 Å². The second-order valence-electron chi connectivity index (χ2n) is 4.92. The molecule has 1 aromatic rings. The van der Waals surface area contributed by atoms with Gasteiger partial charge in [-0.25, -0.2) is 4.99 Å². The molecule has 1 aliphatic heterocycles. The van der Waals surface area contributed by atoms with E-state index in [2.05, 4.69) is 41.9 Å². The van der Waals surface area contributed by atoms with Crippen molar-refractivity contribution in [2.24, 2.45) is 16.6 Å². The van der Waals surface area contributed by atoms with Gasteiger partial charge in [-0.3, -0.25) is 0 Å². The van der Waals surface area contributed by atoms with Gasteiger partial charge in [0, 0.05) is 11.5 Å². The van der Waals surface area contributed by atoms with Gasteiger partial charge < -0.3 is 10.6 Å². The maximum Gasteiger partial charge on any atom is 0.192 e. The number of nitrogens with two attached hydrogens (primary N) is 1. The molecule has 0 saturated heterocycles. The highest BCUT2D eigenvalue weighted by molar-refractivity contribution is 9.10. The summed E-state index contributed by atoms with van der Waals surface area (Å²) < 4.78 is 1.08.